The van der Waals surface area contributed by atoms with Gasteiger partial charge in [0.1, 0.15) is 0 Å². The van der Waals surface area contributed by atoms with Gasteiger partial charge in [0, 0.05) is 0 Å². The van der Waals surface area contributed by atoms with Gasteiger partial charge in [-0.1, -0.05) is 12.2 Å². The highest BCUT2D eigenvalue weighted by atomic mass is 16.5. The molecule has 10 heavy (non-hydrogen) atoms. The van der Waals surface area contributed by atoms with E-state index in [-0.39, 0.29) is 0 Å². The standard InChI is InChI=1S/C6H10O4/c7-5(8)3-1-2-4-6(9)10/h1-10H. The van der Waals surface area contributed by atoms with Crippen LogP contribution in [0.4, 0.5) is 0 Å². The summed E-state index contributed by atoms with van der Waals surface area (Å²) in [4.78, 5) is 0. The molecule has 0 aliphatic heterocycles. The smallest absolute Gasteiger partial charge is 0.171 e. The van der Waals surface area contributed by atoms with E-state index >= 15 is 0 Å². The van der Waals surface area contributed by atoms with E-state index in [1.807, 2.05) is 0 Å². The van der Waals surface area contributed by atoms with E-state index in [1.54, 1.807) is 0 Å². The molecule has 0 radical (unpaired) electrons. The van der Waals surface area contributed by atoms with E-state index in [4.69, 9.17) is 20.4 Å². The average molecular weight is 146 g/mol. The van der Waals surface area contributed by atoms with Crippen LogP contribution in [0.2, 0.25) is 0 Å². The van der Waals surface area contributed by atoms with Gasteiger partial charge < -0.3 is 20.4 Å². The average Bonchev–Trinajstić information content (AvgIpc) is 1.79. The Kier molecular flexibility index (Phi) is 4.78. The lowest BCUT2D eigenvalue weighted by Gasteiger charge is -1.90. The quantitative estimate of drug-likeness (QED) is 0.295. The zero-order valence-corrected chi connectivity index (χ0v) is 5.25. The largest absolute Gasteiger partial charge is 0.365 e. The number of allylic oxidation sites excluding steroid dienone is 2. The van der Waals surface area contributed by atoms with Crippen LogP contribution in [0.5, 0.6) is 0 Å². The highest BCUT2D eigenvalue weighted by Crippen LogP contribution is 1.83. The topological polar surface area (TPSA) is 80.9 Å². The Hall–Kier alpha value is -0.680. The minimum absolute atomic E-state index is 1.08. The van der Waals surface area contributed by atoms with Crippen LogP contribution in [0.1, 0.15) is 0 Å². The first-order valence-corrected chi connectivity index (χ1v) is 2.70. The number of rotatable bonds is 3. The molecule has 4 N–H and O–H groups in total. The maximum absolute atomic E-state index is 8.23. The summed E-state index contributed by atoms with van der Waals surface area (Å²) in [5.41, 5.74) is 0. The molecule has 0 atom stereocenters. The molecule has 0 aromatic rings. The van der Waals surface area contributed by atoms with Crippen LogP contribution in [0.15, 0.2) is 24.3 Å². The first-order valence-electron chi connectivity index (χ1n) is 2.70. The molecule has 0 fully saturated rings. The summed E-state index contributed by atoms with van der Waals surface area (Å²) in [6.07, 6.45) is 1.76. The second-order valence-electron chi connectivity index (χ2n) is 1.60. The van der Waals surface area contributed by atoms with Crippen LogP contribution in [0.3, 0.4) is 0 Å². The summed E-state index contributed by atoms with van der Waals surface area (Å²) >= 11 is 0. The first kappa shape index (κ1) is 9.32. The van der Waals surface area contributed by atoms with Crippen molar-refractivity contribution in [2.24, 2.45) is 0 Å². The van der Waals surface area contributed by atoms with Crippen molar-refractivity contribution in [3.05, 3.63) is 24.3 Å². The van der Waals surface area contributed by atoms with Gasteiger partial charge >= 0.3 is 0 Å². The van der Waals surface area contributed by atoms with Crippen molar-refractivity contribution < 1.29 is 20.4 Å². The number of aliphatic hydroxyl groups excluding tert-OH is 2. The van der Waals surface area contributed by atoms with Crippen molar-refractivity contribution in [1.82, 2.24) is 0 Å². The van der Waals surface area contributed by atoms with E-state index in [0.717, 1.165) is 12.2 Å². The summed E-state index contributed by atoms with van der Waals surface area (Å²) in [5, 5.41) is 32.9. The minimum Gasteiger partial charge on any atom is -0.365 e. The van der Waals surface area contributed by atoms with Gasteiger partial charge in [-0.05, 0) is 12.2 Å². The van der Waals surface area contributed by atoms with Crippen molar-refractivity contribution in [1.29, 1.82) is 0 Å². The van der Waals surface area contributed by atoms with Crippen LogP contribution in [0.25, 0.3) is 0 Å². The Morgan fingerprint density at radius 2 is 1.00 bits per heavy atom. The second kappa shape index (κ2) is 5.13. The molecule has 58 valence electrons. The monoisotopic (exact) mass is 146 g/mol. The van der Waals surface area contributed by atoms with E-state index in [2.05, 4.69) is 0 Å². The molecule has 4 nitrogen and oxygen atoms in total. The predicted octanol–water partition coefficient (Wildman–Crippen LogP) is -1.28. The molecule has 0 aliphatic rings. The van der Waals surface area contributed by atoms with Gasteiger partial charge in [-0.2, -0.15) is 0 Å². The molecule has 0 aromatic carbocycles. The molecule has 0 spiro atoms. The summed E-state index contributed by atoms with van der Waals surface area (Å²) in [7, 11) is 0. The lowest BCUT2D eigenvalue weighted by atomic mass is 10.4. The molecule has 0 saturated heterocycles. The Balaban J connectivity index is 3.52. The third-order valence-electron chi connectivity index (χ3n) is 0.678. The van der Waals surface area contributed by atoms with Crippen molar-refractivity contribution >= 4 is 0 Å². The van der Waals surface area contributed by atoms with Gasteiger partial charge in [0.05, 0.1) is 0 Å². The third-order valence-corrected chi connectivity index (χ3v) is 0.678. The normalized spacial score (nSPS) is 13.0. The SMILES string of the molecule is OC(O)C=CC=CC(O)O. The fourth-order valence-corrected chi connectivity index (χ4v) is 0.327. The van der Waals surface area contributed by atoms with Crippen molar-refractivity contribution in [2.75, 3.05) is 0 Å². The number of hydrogen-bond donors (Lipinski definition) is 4. The van der Waals surface area contributed by atoms with E-state index < -0.39 is 12.6 Å². The highest BCUT2D eigenvalue weighted by molar-refractivity contribution is 5.03. The summed E-state index contributed by atoms with van der Waals surface area (Å²) in [5.74, 6) is 0. The maximum Gasteiger partial charge on any atom is 0.171 e. The lowest BCUT2D eigenvalue weighted by molar-refractivity contribution is 0.000729. The van der Waals surface area contributed by atoms with E-state index in [0.29, 0.717) is 0 Å². The molecule has 4 heteroatoms. The Labute approximate surface area is 58.4 Å². The molecule has 0 heterocycles. The molecule has 0 bridgehead atoms. The summed E-state index contributed by atoms with van der Waals surface area (Å²) in [6, 6.07) is 0. The second-order valence-corrected chi connectivity index (χ2v) is 1.60. The van der Waals surface area contributed by atoms with Crippen LogP contribution in [-0.2, 0) is 0 Å². The zero-order chi connectivity index (χ0) is 7.98. The van der Waals surface area contributed by atoms with Gasteiger partial charge in [-0.15, -0.1) is 0 Å². The lowest BCUT2D eigenvalue weighted by Crippen LogP contribution is -1.98. The van der Waals surface area contributed by atoms with Crippen LogP contribution >= 0.6 is 0 Å². The van der Waals surface area contributed by atoms with Crippen molar-refractivity contribution in [3.8, 4) is 0 Å². The number of aliphatic hydroxyl groups is 4. The van der Waals surface area contributed by atoms with Gasteiger partial charge in [-0.25, -0.2) is 0 Å². The predicted molar refractivity (Wildman–Crippen MR) is 34.7 cm³/mol. The van der Waals surface area contributed by atoms with Gasteiger partial charge in [0.15, 0.2) is 12.6 Å². The summed E-state index contributed by atoms with van der Waals surface area (Å²) in [6.45, 7) is 0. The molecular formula is C6H10O4. The van der Waals surface area contributed by atoms with Crippen LogP contribution < -0.4 is 0 Å². The highest BCUT2D eigenvalue weighted by Gasteiger charge is 1.85. The van der Waals surface area contributed by atoms with Gasteiger partial charge in [0.25, 0.3) is 0 Å². The Morgan fingerprint density at radius 1 is 0.700 bits per heavy atom. The molecule has 0 aliphatic carbocycles. The van der Waals surface area contributed by atoms with Gasteiger partial charge in [0.2, 0.25) is 0 Å². The van der Waals surface area contributed by atoms with E-state index in [9.17, 15) is 0 Å². The van der Waals surface area contributed by atoms with Crippen molar-refractivity contribution in [3.63, 3.8) is 0 Å². The third kappa shape index (κ3) is 7.32. The molecule has 0 saturated carbocycles. The summed E-state index contributed by atoms with van der Waals surface area (Å²) < 4.78 is 0. The molecule has 0 unspecified atom stereocenters. The zero-order valence-electron chi connectivity index (χ0n) is 5.25. The fourth-order valence-electron chi connectivity index (χ4n) is 0.327. The minimum atomic E-state index is -1.50. The van der Waals surface area contributed by atoms with Crippen LogP contribution in [0, 0.1) is 0 Å². The van der Waals surface area contributed by atoms with E-state index in [1.165, 1.54) is 12.2 Å². The Morgan fingerprint density at radius 3 is 1.20 bits per heavy atom. The van der Waals surface area contributed by atoms with Crippen molar-refractivity contribution in [2.45, 2.75) is 12.6 Å². The molecule has 0 aromatic heterocycles. The fraction of sp³-hybridized carbons (Fsp3) is 0.333. The van der Waals surface area contributed by atoms with Crippen LogP contribution in [-0.4, -0.2) is 33.0 Å². The first-order chi connectivity index (χ1) is 4.63. The molecule has 0 amide bonds. The number of hydrogen-bond acceptors (Lipinski definition) is 4. The molecular weight excluding hydrogens is 136 g/mol. The molecule has 0 rings (SSSR count). The Bertz CT molecular complexity index is 110. The van der Waals surface area contributed by atoms with Gasteiger partial charge in [-0.3, -0.25) is 0 Å². The maximum atomic E-state index is 8.23.